The van der Waals surface area contributed by atoms with Crippen LogP contribution in [-0.4, -0.2) is 34.0 Å². The van der Waals surface area contributed by atoms with E-state index in [-0.39, 0.29) is 16.3 Å². The summed E-state index contributed by atoms with van der Waals surface area (Å²) in [6, 6.07) is 4.08. The van der Waals surface area contributed by atoms with Crippen LogP contribution in [0.4, 0.5) is 5.69 Å². The first kappa shape index (κ1) is 18.9. The van der Waals surface area contributed by atoms with Gasteiger partial charge in [0.05, 0.1) is 22.3 Å². The Kier molecular flexibility index (Phi) is 4.58. The minimum Gasteiger partial charge on any atom is -0.273 e. The van der Waals surface area contributed by atoms with Gasteiger partial charge >= 0.3 is 0 Å². The number of aryl methyl sites for hydroxylation is 1. The van der Waals surface area contributed by atoms with Crippen molar-refractivity contribution in [2.24, 2.45) is 5.92 Å². The Hall–Kier alpha value is -1.45. The SMILES string of the molecule is Cc1cc(N2C(=O)C(C)CS2(=O)=O)ccc1S(=O)(=O)NC(C)(C)C. The average Bonchev–Trinajstić information content (AvgIpc) is 2.54. The van der Waals surface area contributed by atoms with E-state index in [4.69, 9.17) is 0 Å². The number of benzene rings is 1. The Labute approximate surface area is 143 Å². The van der Waals surface area contributed by atoms with E-state index in [0.29, 0.717) is 5.56 Å². The molecule has 0 spiro atoms. The van der Waals surface area contributed by atoms with E-state index in [0.717, 1.165) is 4.31 Å². The first-order valence-corrected chi connectivity index (χ1v) is 10.6. The Bertz CT molecular complexity index is 883. The Morgan fingerprint density at radius 1 is 1.25 bits per heavy atom. The zero-order valence-corrected chi connectivity index (χ0v) is 16.0. The van der Waals surface area contributed by atoms with Crippen molar-refractivity contribution in [2.45, 2.75) is 45.1 Å². The summed E-state index contributed by atoms with van der Waals surface area (Å²) in [7, 11) is -7.46. The zero-order valence-electron chi connectivity index (χ0n) is 14.3. The van der Waals surface area contributed by atoms with Gasteiger partial charge in [-0.1, -0.05) is 6.92 Å². The van der Waals surface area contributed by atoms with Gasteiger partial charge in [0.15, 0.2) is 0 Å². The predicted molar refractivity (Wildman–Crippen MR) is 91.7 cm³/mol. The van der Waals surface area contributed by atoms with Crippen LogP contribution in [0.25, 0.3) is 0 Å². The molecule has 9 heteroatoms. The van der Waals surface area contributed by atoms with Gasteiger partial charge in [0.25, 0.3) is 0 Å². The van der Waals surface area contributed by atoms with Gasteiger partial charge in [-0.2, -0.15) is 0 Å². The molecule has 0 radical (unpaired) electrons. The number of carbonyl (C=O) groups is 1. The van der Waals surface area contributed by atoms with Crippen molar-refractivity contribution < 1.29 is 21.6 Å². The molecule has 1 N–H and O–H groups in total. The van der Waals surface area contributed by atoms with Crippen molar-refractivity contribution in [3.63, 3.8) is 0 Å². The highest BCUT2D eigenvalue weighted by Gasteiger charge is 2.42. The van der Waals surface area contributed by atoms with Crippen molar-refractivity contribution in [1.29, 1.82) is 0 Å². The quantitative estimate of drug-likeness (QED) is 0.861. The van der Waals surface area contributed by atoms with Gasteiger partial charge < -0.3 is 0 Å². The lowest BCUT2D eigenvalue weighted by atomic mass is 10.1. The van der Waals surface area contributed by atoms with Crippen LogP contribution in [0.5, 0.6) is 0 Å². The first-order chi connectivity index (χ1) is 10.7. The summed E-state index contributed by atoms with van der Waals surface area (Å²) in [5.41, 5.74) is -0.114. The number of amides is 1. The molecule has 2 rings (SSSR count). The topological polar surface area (TPSA) is 101 Å². The largest absolute Gasteiger partial charge is 0.273 e. The van der Waals surface area contributed by atoms with Gasteiger partial charge in [-0.05, 0) is 51.5 Å². The van der Waals surface area contributed by atoms with Gasteiger partial charge in [-0.25, -0.2) is 25.9 Å². The van der Waals surface area contributed by atoms with Crippen LogP contribution in [0.15, 0.2) is 23.1 Å². The fraction of sp³-hybridized carbons (Fsp3) is 0.533. The maximum Gasteiger partial charge on any atom is 0.244 e. The van der Waals surface area contributed by atoms with E-state index in [9.17, 15) is 21.6 Å². The molecule has 1 saturated heterocycles. The molecule has 1 aromatic carbocycles. The highest BCUT2D eigenvalue weighted by atomic mass is 32.2. The van der Waals surface area contributed by atoms with Crippen LogP contribution in [-0.2, 0) is 24.8 Å². The number of nitrogens with one attached hydrogen (secondary N) is 1. The van der Waals surface area contributed by atoms with E-state index in [1.54, 1.807) is 34.6 Å². The summed E-state index contributed by atoms with van der Waals surface area (Å²) in [5, 5.41) is 0. The van der Waals surface area contributed by atoms with Crippen LogP contribution in [0.2, 0.25) is 0 Å². The number of carbonyl (C=O) groups excluding carboxylic acids is 1. The highest BCUT2D eigenvalue weighted by Crippen LogP contribution is 2.30. The molecule has 134 valence electrons. The third-order valence-electron chi connectivity index (χ3n) is 3.48. The minimum atomic E-state index is -3.74. The average molecular weight is 374 g/mol. The third kappa shape index (κ3) is 3.62. The third-order valence-corrected chi connectivity index (χ3v) is 7.27. The van der Waals surface area contributed by atoms with Crippen LogP contribution in [0.3, 0.4) is 0 Å². The van der Waals surface area contributed by atoms with E-state index < -0.39 is 37.4 Å². The van der Waals surface area contributed by atoms with E-state index in [1.165, 1.54) is 18.2 Å². The van der Waals surface area contributed by atoms with Gasteiger partial charge in [0, 0.05) is 5.54 Å². The summed E-state index contributed by atoms with van der Waals surface area (Å²) < 4.78 is 52.5. The van der Waals surface area contributed by atoms with E-state index in [1.807, 2.05) is 0 Å². The molecule has 0 saturated carbocycles. The fourth-order valence-electron chi connectivity index (χ4n) is 2.61. The number of nitrogens with zero attached hydrogens (tertiary/aromatic N) is 1. The standard InChI is InChI=1S/C15H22N2O5S2/c1-10-8-12(17-14(18)11(2)9-23(17,19)20)6-7-13(10)24(21,22)16-15(3,4)5/h6-8,11,16H,9H2,1-5H3. The molecular weight excluding hydrogens is 352 g/mol. The second-order valence-corrected chi connectivity index (χ2v) is 10.6. The van der Waals surface area contributed by atoms with Crippen LogP contribution in [0, 0.1) is 12.8 Å². The predicted octanol–water partition coefficient (Wildman–Crippen LogP) is 1.38. The summed E-state index contributed by atoms with van der Waals surface area (Å²) >= 11 is 0. The van der Waals surface area contributed by atoms with Gasteiger partial charge in [-0.15, -0.1) is 0 Å². The minimum absolute atomic E-state index is 0.0540. The molecule has 1 atom stereocenters. The Morgan fingerprint density at radius 2 is 1.83 bits per heavy atom. The molecule has 1 heterocycles. The summed E-state index contributed by atoms with van der Waals surface area (Å²) in [4.78, 5) is 12.2. The Morgan fingerprint density at radius 3 is 2.25 bits per heavy atom. The second kappa shape index (κ2) is 5.82. The summed E-state index contributed by atoms with van der Waals surface area (Å²) in [5.74, 6) is -1.35. The lowest BCUT2D eigenvalue weighted by Gasteiger charge is -2.22. The highest BCUT2D eigenvalue weighted by molar-refractivity contribution is 7.94. The number of hydrogen-bond donors (Lipinski definition) is 1. The van der Waals surface area contributed by atoms with E-state index >= 15 is 0 Å². The smallest absolute Gasteiger partial charge is 0.244 e. The van der Waals surface area contributed by atoms with Gasteiger partial charge in [-0.3, -0.25) is 4.79 Å². The molecular formula is C15H22N2O5S2. The molecule has 0 aromatic heterocycles. The van der Waals surface area contributed by atoms with Crippen molar-refractivity contribution in [3.8, 4) is 0 Å². The molecule has 7 nitrogen and oxygen atoms in total. The van der Waals surface area contributed by atoms with Crippen molar-refractivity contribution >= 4 is 31.6 Å². The molecule has 0 bridgehead atoms. The molecule has 1 aromatic rings. The number of hydrogen-bond acceptors (Lipinski definition) is 5. The number of anilines is 1. The maximum absolute atomic E-state index is 12.4. The number of sulfonamides is 2. The van der Waals surface area contributed by atoms with Crippen LogP contribution < -0.4 is 9.03 Å². The van der Waals surface area contributed by atoms with Crippen LogP contribution in [0.1, 0.15) is 33.3 Å². The molecule has 1 aliphatic heterocycles. The number of rotatable bonds is 3. The lowest BCUT2D eigenvalue weighted by Crippen LogP contribution is -2.40. The summed E-state index contributed by atoms with van der Waals surface area (Å²) in [6.45, 7) is 8.30. The molecule has 1 amide bonds. The van der Waals surface area contributed by atoms with Crippen LogP contribution >= 0.6 is 0 Å². The van der Waals surface area contributed by atoms with Crippen molar-refractivity contribution in [2.75, 3.05) is 10.1 Å². The monoisotopic (exact) mass is 374 g/mol. The summed E-state index contributed by atoms with van der Waals surface area (Å²) in [6.07, 6.45) is 0. The van der Waals surface area contributed by atoms with Crippen molar-refractivity contribution in [3.05, 3.63) is 23.8 Å². The molecule has 1 unspecified atom stereocenters. The maximum atomic E-state index is 12.4. The second-order valence-electron chi connectivity index (χ2n) is 7.09. The van der Waals surface area contributed by atoms with Crippen molar-refractivity contribution in [1.82, 2.24) is 4.72 Å². The lowest BCUT2D eigenvalue weighted by molar-refractivity contribution is -0.119. The fourth-order valence-corrected chi connectivity index (χ4v) is 6.06. The first-order valence-electron chi connectivity index (χ1n) is 7.46. The normalized spacial score (nSPS) is 21.3. The Balaban J connectivity index is 2.47. The zero-order chi connectivity index (χ0) is 18.5. The molecule has 1 aliphatic rings. The van der Waals surface area contributed by atoms with Gasteiger partial charge in [0.1, 0.15) is 0 Å². The molecule has 24 heavy (non-hydrogen) atoms. The molecule has 1 fully saturated rings. The van der Waals surface area contributed by atoms with Gasteiger partial charge in [0.2, 0.25) is 26.0 Å². The molecule has 0 aliphatic carbocycles. The van der Waals surface area contributed by atoms with E-state index in [2.05, 4.69) is 4.72 Å².